The summed E-state index contributed by atoms with van der Waals surface area (Å²) in [5.41, 5.74) is 8.48. The minimum atomic E-state index is -0.0531. The van der Waals surface area contributed by atoms with Gasteiger partial charge in [-0.1, -0.05) is 35.9 Å². The lowest BCUT2D eigenvalue weighted by molar-refractivity contribution is -0.121. The highest BCUT2D eigenvalue weighted by Crippen LogP contribution is 2.17. The van der Waals surface area contributed by atoms with Crippen molar-refractivity contribution in [3.8, 4) is 0 Å². The molecule has 2 rings (SSSR count). The predicted molar refractivity (Wildman–Crippen MR) is 87.2 cm³/mol. The second kappa shape index (κ2) is 7.14. The Morgan fingerprint density at radius 1 is 1.24 bits per heavy atom. The van der Waals surface area contributed by atoms with E-state index in [1.807, 2.05) is 55.5 Å². The van der Waals surface area contributed by atoms with Crippen LogP contribution in [0, 0.1) is 0 Å². The van der Waals surface area contributed by atoms with Crippen molar-refractivity contribution >= 4 is 23.2 Å². The van der Waals surface area contributed by atoms with Crippen LogP contribution in [0.1, 0.15) is 30.5 Å². The lowest BCUT2D eigenvalue weighted by Crippen LogP contribution is -2.26. The Morgan fingerprint density at radius 2 is 1.95 bits per heavy atom. The van der Waals surface area contributed by atoms with Crippen LogP contribution in [0.15, 0.2) is 48.5 Å². The Kier molecular flexibility index (Phi) is 5.23. The van der Waals surface area contributed by atoms with Crippen molar-refractivity contribution in [2.45, 2.75) is 25.8 Å². The quantitative estimate of drug-likeness (QED) is 0.827. The number of carbonyl (C=O) groups is 1. The topological polar surface area (TPSA) is 55.1 Å². The molecule has 0 bridgehead atoms. The van der Waals surface area contributed by atoms with E-state index < -0.39 is 0 Å². The predicted octanol–water partition coefficient (Wildman–Crippen LogP) is 3.73. The van der Waals surface area contributed by atoms with E-state index in [1.54, 1.807) is 0 Å². The third-order valence-electron chi connectivity index (χ3n) is 3.35. The van der Waals surface area contributed by atoms with Crippen LogP contribution in [0.4, 0.5) is 5.69 Å². The molecule has 0 spiro atoms. The number of benzene rings is 2. The van der Waals surface area contributed by atoms with Crippen LogP contribution in [-0.2, 0) is 11.2 Å². The van der Waals surface area contributed by atoms with E-state index in [1.165, 1.54) is 0 Å². The molecule has 0 aliphatic heterocycles. The maximum atomic E-state index is 12.0. The zero-order chi connectivity index (χ0) is 15.2. The second-order valence-electron chi connectivity index (χ2n) is 5.09. The summed E-state index contributed by atoms with van der Waals surface area (Å²) in [7, 11) is 0. The Balaban J connectivity index is 1.85. The van der Waals surface area contributed by atoms with Crippen LogP contribution >= 0.6 is 11.6 Å². The van der Waals surface area contributed by atoms with E-state index in [2.05, 4.69) is 5.32 Å². The van der Waals surface area contributed by atoms with E-state index in [-0.39, 0.29) is 11.9 Å². The van der Waals surface area contributed by atoms with Gasteiger partial charge in [0.05, 0.1) is 6.04 Å². The molecule has 2 aromatic carbocycles. The molecular formula is C17H19ClN2O. The molecule has 0 fully saturated rings. The average molecular weight is 303 g/mol. The number of nitrogens with one attached hydrogen (secondary N) is 1. The lowest BCUT2D eigenvalue weighted by atomic mass is 10.1. The molecule has 0 unspecified atom stereocenters. The van der Waals surface area contributed by atoms with Crippen molar-refractivity contribution in [1.29, 1.82) is 0 Å². The van der Waals surface area contributed by atoms with Gasteiger partial charge in [-0.05, 0) is 48.7 Å². The monoisotopic (exact) mass is 302 g/mol. The van der Waals surface area contributed by atoms with Gasteiger partial charge in [0.1, 0.15) is 0 Å². The van der Waals surface area contributed by atoms with E-state index in [9.17, 15) is 4.79 Å². The Bertz CT molecular complexity index is 610. The zero-order valence-electron chi connectivity index (χ0n) is 12.0. The molecule has 0 aliphatic carbocycles. The molecule has 21 heavy (non-hydrogen) atoms. The first-order valence-corrected chi connectivity index (χ1v) is 7.31. The SMILES string of the molecule is C[C@@H](NC(=O)CCc1ccc(N)cc1)c1cccc(Cl)c1. The molecule has 110 valence electrons. The normalized spacial score (nSPS) is 11.9. The number of carbonyl (C=O) groups excluding carboxylic acids is 1. The van der Waals surface area contributed by atoms with Gasteiger partial charge in [-0.15, -0.1) is 0 Å². The van der Waals surface area contributed by atoms with Gasteiger partial charge in [-0.25, -0.2) is 0 Å². The van der Waals surface area contributed by atoms with E-state index >= 15 is 0 Å². The molecule has 0 radical (unpaired) electrons. The molecule has 0 aliphatic rings. The summed E-state index contributed by atoms with van der Waals surface area (Å²) < 4.78 is 0. The van der Waals surface area contributed by atoms with Crippen molar-refractivity contribution in [3.05, 3.63) is 64.7 Å². The fraction of sp³-hybridized carbons (Fsp3) is 0.235. The number of anilines is 1. The maximum Gasteiger partial charge on any atom is 0.220 e. The van der Waals surface area contributed by atoms with E-state index in [4.69, 9.17) is 17.3 Å². The average Bonchev–Trinajstić information content (AvgIpc) is 2.46. The number of amides is 1. The number of nitrogens with two attached hydrogens (primary N) is 1. The van der Waals surface area contributed by atoms with Crippen LogP contribution in [0.2, 0.25) is 5.02 Å². The van der Waals surface area contributed by atoms with Crippen LogP contribution < -0.4 is 11.1 Å². The fourth-order valence-electron chi connectivity index (χ4n) is 2.12. The summed E-state index contributed by atoms with van der Waals surface area (Å²) in [5.74, 6) is 0.0271. The Labute approximate surface area is 130 Å². The number of hydrogen-bond acceptors (Lipinski definition) is 2. The van der Waals surface area contributed by atoms with Crippen molar-refractivity contribution in [2.75, 3.05) is 5.73 Å². The smallest absolute Gasteiger partial charge is 0.220 e. The summed E-state index contributed by atoms with van der Waals surface area (Å²) in [6.07, 6.45) is 1.16. The second-order valence-corrected chi connectivity index (χ2v) is 5.52. The van der Waals surface area contributed by atoms with Gasteiger partial charge in [-0.2, -0.15) is 0 Å². The molecule has 2 aromatic rings. The Hall–Kier alpha value is -2.00. The Morgan fingerprint density at radius 3 is 2.62 bits per heavy atom. The largest absolute Gasteiger partial charge is 0.399 e. The van der Waals surface area contributed by atoms with Crippen molar-refractivity contribution in [3.63, 3.8) is 0 Å². The van der Waals surface area contributed by atoms with E-state index in [0.29, 0.717) is 17.9 Å². The van der Waals surface area contributed by atoms with Gasteiger partial charge < -0.3 is 11.1 Å². The highest BCUT2D eigenvalue weighted by atomic mass is 35.5. The van der Waals surface area contributed by atoms with Crippen LogP contribution in [0.25, 0.3) is 0 Å². The molecule has 0 heterocycles. The molecular weight excluding hydrogens is 284 g/mol. The molecule has 0 saturated heterocycles. The van der Waals surface area contributed by atoms with Gasteiger partial charge in [0.15, 0.2) is 0 Å². The summed E-state index contributed by atoms with van der Waals surface area (Å²) in [4.78, 5) is 12.0. The summed E-state index contributed by atoms with van der Waals surface area (Å²) >= 11 is 5.96. The summed E-state index contributed by atoms with van der Waals surface area (Å²) in [6, 6.07) is 15.1. The van der Waals surface area contributed by atoms with Gasteiger partial charge >= 0.3 is 0 Å². The first kappa shape index (κ1) is 15.4. The van der Waals surface area contributed by atoms with Gasteiger partial charge in [-0.3, -0.25) is 4.79 Å². The highest BCUT2D eigenvalue weighted by Gasteiger charge is 2.09. The number of halogens is 1. The molecule has 1 atom stereocenters. The molecule has 1 amide bonds. The van der Waals surface area contributed by atoms with Gasteiger partial charge in [0, 0.05) is 17.1 Å². The van der Waals surface area contributed by atoms with Gasteiger partial charge in [0.2, 0.25) is 5.91 Å². The van der Waals surface area contributed by atoms with Crippen LogP contribution in [-0.4, -0.2) is 5.91 Å². The van der Waals surface area contributed by atoms with Crippen LogP contribution in [0.5, 0.6) is 0 Å². The van der Waals surface area contributed by atoms with Crippen molar-refractivity contribution < 1.29 is 4.79 Å². The van der Waals surface area contributed by atoms with Gasteiger partial charge in [0.25, 0.3) is 0 Å². The van der Waals surface area contributed by atoms with Crippen molar-refractivity contribution in [2.24, 2.45) is 0 Å². The molecule has 0 saturated carbocycles. The third-order valence-corrected chi connectivity index (χ3v) is 3.58. The number of rotatable bonds is 5. The lowest BCUT2D eigenvalue weighted by Gasteiger charge is -2.14. The standard InChI is InChI=1S/C17H19ClN2O/c1-12(14-3-2-4-15(18)11-14)20-17(21)10-7-13-5-8-16(19)9-6-13/h2-6,8-9,11-12H,7,10,19H2,1H3,(H,20,21)/t12-/m1/s1. The first-order chi connectivity index (χ1) is 10.0. The minimum absolute atomic E-state index is 0.0271. The van der Waals surface area contributed by atoms with Crippen molar-refractivity contribution in [1.82, 2.24) is 5.32 Å². The molecule has 3 N–H and O–H groups in total. The third kappa shape index (κ3) is 4.80. The summed E-state index contributed by atoms with van der Waals surface area (Å²) in [6.45, 7) is 1.95. The summed E-state index contributed by atoms with van der Waals surface area (Å²) in [5, 5.41) is 3.66. The highest BCUT2D eigenvalue weighted by molar-refractivity contribution is 6.30. The molecule has 0 aromatic heterocycles. The fourth-order valence-corrected chi connectivity index (χ4v) is 2.31. The first-order valence-electron chi connectivity index (χ1n) is 6.94. The minimum Gasteiger partial charge on any atom is -0.399 e. The molecule has 4 heteroatoms. The van der Waals surface area contributed by atoms with Crippen LogP contribution in [0.3, 0.4) is 0 Å². The number of hydrogen-bond donors (Lipinski definition) is 2. The number of nitrogen functional groups attached to an aromatic ring is 1. The van der Waals surface area contributed by atoms with E-state index in [0.717, 1.165) is 16.8 Å². The zero-order valence-corrected chi connectivity index (χ0v) is 12.7. The number of aryl methyl sites for hydroxylation is 1. The molecule has 3 nitrogen and oxygen atoms in total. The maximum absolute atomic E-state index is 12.0.